The van der Waals surface area contributed by atoms with E-state index < -0.39 is 23.8 Å². The molecule has 18 heavy (non-hydrogen) atoms. The quantitative estimate of drug-likeness (QED) is 0.802. The van der Waals surface area contributed by atoms with Crippen LogP contribution in [0.5, 0.6) is 0 Å². The normalized spacial score (nSPS) is 23.9. The van der Waals surface area contributed by atoms with Crippen LogP contribution in [0.3, 0.4) is 0 Å². The summed E-state index contributed by atoms with van der Waals surface area (Å²) in [5.74, 6) is 0. The Kier molecular flexibility index (Phi) is 4.12. The number of ether oxygens (including phenoxy) is 2. The van der Waals surface area contributed by atoms with Crippen LogP contribution >= 0.6 is 15.9 Å². The number of aromatic amines is 1. The highest BCUT2D eigenvalue weighted by Crippen LogP contribution is 2.18. The third kappa shape index (κ3) is 2.61. The van der Waals surface area contributed by atoms with Crippen molar-refractivity contribution in [3.8, 4) is 0 Å². The van der Waals surface area contributed by atoms with Gasteiger partial charge in [0.1, 0.15) is 0 Å². The molecular formula is C10H11BrN2O5. The van der Waals surface area contributed by atoms with E-state index in [9.17, 15) is 9.59 Å². The molecule has 0 saturated carbocycles. The van der Waals surface area contributed by atoms with E-state index in [0.29, 0.717) is 5.56 Å². The number of hydrogen-bond acceptors (Lipinski definition) is 5. The third-order valence-electron chi connectivity index (χ3n) is 2.43. The predicted molar refractivity (Wildman–Crippen MR) is 66.2 cm³/mol. The van der Waals surface area contributed by atoms with Crippen molar-refractivity contribution in [2.24, 2.45) is 0 Å². The number of hydrogen-bond donors (Lipinski definition) is 2. The molecule has 0 bridgehead atoms. The Morgan fingerprint density at radius 1 is 1.61 bits per heavy atom. The second-order valence-corrected chi connectivity index (χ2v) is 4.11. The van der Waals surface area contributed by atoms with Crippen molar-refractivity contribution in [2.75, 3.05) is 13.2 Å². The molecule has 2 rings (SSSR count). The molecule has 1 saturated heterocycles. The van der Waals surface area contributed by atoms with Gasteiger partial charge in [-0.3, -0.25) is 14.3 Å². The number of aliphatic hydroxyl groups excluding tert-OH is 1. The Hall–Kier alpha value is -1.22. The van der Waals surface area contributed by atoms with Gasteiger partial charge in [-0.15, -0.1) is 0 Å². The van der Waals surface area contributed by atoms with Gasteiger partial charge < -0.3 is 14.6 Å². The van der Waals surface area contributed by atoms with Gasteiger partial charge in [0.2, 0.25) is 0 Å². The van der Waals surface area contributed by atoms with E-state index in [-0.39, 0.29) is 13.2 Å². The zero-order valence-corrected chi connectivity index (χ0v) is 10.8. The number of rotatable bonds is 3. The molecule has 2 N–H and O–H groups in total. The summed E-state index contributed by atoms with van der Waals surface area (Å²) in [7, 11) is 0. The molecule has 2 atom stereocenters. The fourth-order valence-electron chi connectivity index (χ4n) is 1.59. The summed E-state index contributed by atoms with van der Waals surface area (Å²) < 4.78 is 11.6. The largest absolute Gasteiger partial charge is 0.391 e. The minimum absolute atomic E-state index is 0.134. The van der Waals surface area contributed by atoms with Crippen LogP contribution in [-0.4, -0.2) is 34.2 Å². The van der Waals surface area contributed by atoms with E-state index in [1.165, 1.54) is 21.8 Å². The van der Waals surface area contributed by atoms with E-state index in [1.54, 1.807) is 0 Å². The first-order valence-corrected chi connectivity index (χ1v) is 6.07. The maximum Gasteiger partial charge on any atom is 0.330 e. The SMILES string of the molecule is O=c1[nH]c(=O)n([C@@H]2CO[C@H](CO)O2)cc1/C=C/Br. The summed E-state index contributed by atoms with van der Waals surface area (Å²) in [6.07, 6.45) is 1.49. The highest BCUT2D eigenvalue weighted by atomic mass is 79.9. The average Bonchev–Trinajstić information content (AvgIpc) is 2.81. The summed E-state index contributed by atoms with van der Waals surface area (Å²) >= 11 is 3.06. The van der Waals surface area contributed by atoms with Gasteiger partial charge in [-0.25, -0.2) is 4.79 Å². The number of nitrogens with zero attached hydrogens (tertiary/aromatic N) is 1. The summed E-state index contributed by atoms with van der Waals surface area (Å²) in [5, 5.41) is 8.87. The summed E-state index contributed by atoms with van der Waals surface area (Å²) in [4.78, 5) is 26.8. The van der Waals surface area contributed by atoms with Crippen LogP contribution < -0.4 is 11.2 Å². The predicted octanol–water partition coefficient (Wildman–Crippen LogP) is -0.234. The highest BCUT2D eigenvalue weighted by Gasteiger charge is 2.27. The van der Waals surface area contributed by atoms with Crippen molar-refractivity contribution in [3.63, 3.8) is 0 Å². The van der Waals surface area contributed by atoms with Gasteiger partial charge in [0.25, 0.3) is 5.56 Å². The fourth-order valence-corrected chi connectivity index (χ4v) is 1.87. The van der Waals surface area contributed by atoms with Gasteiger partial charge in [0.15, 0.2) is 12.5 Å². The number of H-pyrrole nitrogens is 1. The Balaban J connectivity index is 2.36. The second-order valence-electron chi connectivity index (χ2n) is 3.58. The standard InChI is InChI=1S/C10H11BrN2O5/c11-2-1-6-3-13(10(16)12-9(6)15)7-5-17-8(4-14)18-7/h1-3,7-8,14H,4-5H2,(H,12,15,16)/b2-1+/t7-,8-/m0/s1. The smallest absolute Gasteiger partial charge is 0.330 e. The minimum Gasteiger partial charge on any atom is -0.391 e. The van der Waals surface area contributed by atoms with E-state index in [0.717, 1.165) is 0 Å². The molecule has 1 aliphatic rings. The van der Waals surface area contributed by atoms with Crippen molar-refractivity contribution in [3.05, 3.63) is 37.6 Å². The Morgan fingerprint density at radius 3 is 3.00 bits per heavy atom. The first-order chi connectivity index (χ1) is 8.65. The van der Waals surface area contributed by atoms with Gasteiger partial charge in [-0.1, -0.05) is 15.9 Å². The Labute approximate surface area is 110 Å². The molecule has 2 heterocycles. The Morgan fingerprint density at radius 2 is 2.39 bits per heavy atom. The van der Waals surface area contributed by atoms with Crippen molar-refractivity contribution in [2.45, 2.75) is 12.5 Å². The van der Waals surface area contributed by atoms with Crippen LogP contribution in [0.2, 0.25) is 0 Å². The molecule has 1 aromatic rings. The number of halogens is 1. The molecule has 0 radical (unpaired) electrons. The fraction of sp³-hybridized carbons (Fsp3) is 0.400. The molecule has 7 nitrogen and oxygen atoms in total. The first-order valence-electron chi connectivity index (χ1n) is 5.16. The molecule has 98 valence electrons. The number of nitrogens with one attached hydrogen (secondary N) is 1. The molecule has 0 amide bonds. The maximum atomic E-state index is 11.7. The van der Waals surface area contributed by atoms with Crippen molar-refractivity contribution in [1.82, 2.24) is 9.55 Å². The zero-order chi connectivity index (χ0) is 13.1. The van der Waals surface area contributed by atoms with E-state index in [1.807, 2.05) is 0 Å². The number of aliphatic hydroxyl groups is 1. The summed E-state index contributed by atoms with van der Waals surface area (Å²) in [5.41, 5.74) is -0.758. The summed E-state index contributed by atoms with van der Waals surface area (Å²) in [6, 6.07) is 0. The van der Waals surface area contributed by atoms with Gasteiger partial charge in [0, 0.05) is 6.20 Å². The highest BCUT2D eigenvalue weighted by molar-refractivity contribution is 9.11. The minimum atomic E-state index is -0.746. The molecule has 8 heteroatoms. The van der Waals surface area contributed by atoms with Gasteiger partial charge in [-0.05, 0) is 11.1 Å². The van der Waals surface area contributed by atoms with E-state index in [2.05, 4.69) is 20.9 Å². The Bertz CT molecular complexity index is 564. The van der Waals surface area contributed by atoms with E-state index in [4.69, 9.17) is 14.6 Å². The van der Waals surface area contributed by atoms with Crippen LogP contribution in [0.15, 0.2) is 20.8 Å². The molecule has 1 aromatic heterocycles. The van der Waals surface area contributed by atoms with Crippen LogP contribution in [0.1, 0.15) is 11.8 Å². The molecular weight excluding hydrogens is 308 g/mol. The molecule has 0 spiro atoms. The van der Waals surface area contributed by atoms with Gasteiger partial charge in [0.05, 0.1) is 18.8 Å². The first kappa shape index (κ1) is 13.2. The average molecular weight is 319 g/mol. The number of aromatic nitrogens is 2. The second kappa shape index (κ2) is 5.61. The van der Waals surface area contributed by atoms with Crippen LogP contribution in [0.4, 0.5) is 0 Å². The molecule has 0 aliphatic carbocycles. The van der Waals surface area contributed by atoms with Crippen LogP contribution in [0.25, 0.3) is 6.08 Å². The van der Waals surface area contributed by atoms with Crippen molar-refractivity contribution >= 4 is 22.0 Å². The third-order valence-corrected chi connectivity index (χ3v) is 2.70. The molecule has 1 aliphatic heterocycles. The maximum absolute atomic E-state index is 11.7. The molecule has 0 aromatic carbocycles. The lowest BCUT2D eigenvalue weighted by Crippen LogP contribution is -2.34. The van der Waals surface area contributed by atoms with Crippen molar-refractivity contribution < 1.29 is 14.6 Å². The van der Waals surface area contributed by atoms with Crippen LogP contribution in [-0.2, 0) is 9.47 Å². The lowest BCUT2D eigenvalue weighted by Gasteiger charge is -2.12. The monoisotopic (exact) mass is 318 g/mol. The topological polar surface area (TPSA) is 93.6 Å². The van der Waals surface area contributed by atoms with E-state index >= 15 is 0 Å². The lowest BCUT2D eigenvalue weighted by atomic mass is 10.3. The van der Waals surface area contributed by atoms with Crippen LogP contribution in [0, 0.1) is 0 Å². The van der Waals surface area contributed by atoms with Gasteiger partial charge >= 0.3 is 5.69 Å². The lowest BCUT2D eigenvalue weighted by molar-refractivity contribution is -0.0993. The summed E-state index contributed by atoms with van der Waals surface area (Å²) in [6.45, 7) is -0.155. The molecule has 0 unspecified atom stereocenters. The van der Waals surface area contributed by atoms with Crippen molar-refractivity contribution in [1.29, 1.82) is 0 Å². The van der Waals surface area contributed by atoms with Gasteiger partial charge in [-0.2, -0.15) is 0 Å². The zero-order valence-electron chi connectivity index (χ0n) is 9.21. The molecule has 1 fully saturated rings.